The average Bonchev–Trinajstić information content (AvgIpc) is 3.13. The Kier molecular flexibility index (Phi) is 7.19. The van der Waals surface area contributed by atoms with E-state index in [0.29, 0.717) is 12.3 Å². The van der Waals surface area contributed by atoms with Gasteiger partial charge in [-0.1, -0.05) is 30.0 Å². The van der Waals surface area contributed by atoms with E-state index < -0.39 is 0 Å². The van der Waals surface area contributed by atoms with E-state index in [-0.39, 0.29) is 5.91 Å². The molecule has 1 N–H and O–H groups in total. The molecule has 0 radical (unpaired) electrons. The zero-order chi connectivity index (χ0) is 20.6. The maximum atomic E-state index is 12.2. The fraction of sp³-hybridized carbons (Fsp3) is 0.273. The molecule has 0 saturated heterocycles. The number of thioether (sulfide) groups is 1. The maximum absolute atomic E-state index is 12.2. The van der Waals surface area contributed by atoms with Crippen LogP contribution in [0.3, 0.4) is 0 Å². The van der Waals surface area contributed by atoms with Crippen LogP contribution in [0.2, 0.25) is 0 Å². The molecule has 1 aromatic heterocycles. The van der Waals surface area contributed by atoms with Crippen molar-refractivity contribution in [3.8, 4) is 22.8 Å². The molecule has 7 heteroatoms. The third-order valence-corrected chi connectivity index (χ3v) is 5.62. The standard InChI is InChI=1S/C22H25N3O3S/c1-25-19(16-8-10-18(27-2)11-9-16)14-24-22(25)29-15-21(26)23-13-12-17-6-4-5-7-20(17)28-3/h4-11,14H,12-13,15H2,1-3H3,(H,23,26). The Labute approximate surface area is 175 Å². The van der Waals surface area contributed by atoms with Gasteiger partial charge >= 0.3 is 0 Å². The van der Waals surface area contributed by atoms with Gasteiger partial charge in [-0.25, -0.2) is 4.98 Å². The Morgan fingerprint density at radius 3 is 2.59 bits per heavy atom. The van der Waals surface area contributed by atoms with E-state index >= 15 is 0 Å². The van der Waals surface area contributed by atoms with Crippen molar-refractivity contribution in [1.82, 2.24) is 14.9 Å². The smallest absolute Gasteiger partial charge is 0.230 e. The minimum absolute atomic E-state index is 0.0149. The van der Waals surface area contributed by atoms with Crippen LogP contribution in [0.4, 0.5) is 0 Å². The van der Waals surface area contributed by atoms with Crippen molar-refractivity contribution in [3.63, 3.8) is 0 Å². The molecule has 3 aromatic rings. The number of amides is 1. The molecule has 0 aliphatic heterocycles. The Balaban J connectivity index is 1.50. The van der Waals surface area contributed by atoms with Gasteiger partial charge in [-0.05, 0) is 42.3 Å². The Bertz CT molecular complexity index is 954. The molecule has 0 fully saturated rings. The number of nitrogens with one attached hydrogen (secondary N) is 1. The van der Waals surface area contributed by atoms with Crippen LogP contribution in [0.15, 0.2) is 59.9 Å². The van der Waals surface area contributed by atoms with Crippen molar-refractivity contribution in [2.75, 3.05) is 26.5 Å². The van der Waals surface area contributed by atoms with E-state index in [2.05, 4.69) is 10.3 Å². The molecule has 0 bridgehead atoms. The summed E-state index contributed by atoms with van der Waals surface area (Å²) >= 11 is 1.42. The second kappa shape index (κ2) is 10.0. The second-order valence-corrected chi connectivity index (χ2v) is 7.36. The van der Waals surface area contributed by atoms with Crippen LogP contribution in [0.1, 0.15) is 5.56 Å². The number of aromatic nitrogens is 2. The van der Waals surface area contributed by atoms with E-state index in [1.54, 1.807) is 14.2 Å². The van der Waals surface area contributed by atoms with Crippen LogP contribution in [0, 0.1) is 0 Å². The first-order chi connectivity index (χ1) is 14.1. The number of methoxy groups -OCH3 is 2. The van der Waals surface area contributed by atoms with Crippen LogP contribution in [0.25, 0.3) is 11.3 Å². The minimum atomic E-state index is -0.0149. The topological polar surface area (TPSA) is 65.4 Å². The SMILES string of the molecule is COc1ccc(-c2cnc(SCC(=O)NCCc3ccccc3OC)n2C)cc1. The molecule has 1 amide bonds. The summed E-state index contributed by atoms with van der Waals surface area (Å²) in [5, 5.41) is 3.76. The first-order valence-electron chi connectivity index (χ1n) is 9.30. The first-order valence-corrected chi connectivity index (χ1v) is 10.3. The monoisotopic (exact) mass is 411 g/mol. The van der Waals surface area contributed by atoms with Crippen molar-refractivity contribution >= 4 is 17.7 Å². The summed E-state index contributed by atoms with van der Waals surface area (Å²) in [5.74, 6) is 1.96. The average molecular weight is 412 g/mol. The third kappa shape index (κ3) is 5.32. The van der Waals surface area contributed by atoms with Crippen molar-refractivity contribution in [3.05, 3.63) is 60.3 Å². The molecule has 152 valence electrons. The molecule has 0 aliphatic carbocycles. The van der Waals surface area contributed by atoms with Crippen molar-refractivity contribution in [1.29, 1.82) is 0 Å². The van der Waals surface area contributed by atoms with Gasteiger partial charge in [0.15, 0.2) is 5.16 Å². The highest BCUT2D eigenvalue weighted by Crippen LogP contribution is 2.26. The molecular weight excluding hydrogens is 386 g/mol. The van der Waals surface area contributed by atoms with Crippen LogP contribution >= 0.6 is 11.8 Å². The van der Waals surface area contributed by atoms with Gasteiger partial charge < -0.3 is 19.4 Å². The van der Waals surface area contributed by atoms with Gasteiger partial charge in [0.05, 0.1) is 31.9 Å². The van der Waals surface area contributed by atoms with Crippen molar-refractivity contribution in [2.45, 2.75) is 11.6 Å². The van der Waals surface area contributed by atoms with Gasteiger partial charge in [-0.3, -0.25) is 4.79 Å². The molecule has 29 heavy (non-hydrogen) atoms. The summed E-state index contributed by atoms with van der Waals surface area (Å²) < 4.78 is 12.5. The highest BCUT2D eigenvalue weighted by molar-refractivity contribution is 7.99. The summed E-state index contributed by atoms with van der Waals surface area (Å²) in [7, 11) is 5.25. The van der Waals surface area contributed by atoms with Crippen LogP contribution in [-0.4, -0.2) is 42.0 Å². The maximum Gasteiger partial charge on any atom is 0.230 e. The van der Waals surface area contributed by atoms with Crippen LogP contribution in [0.5, 0.6) is 11.5 Å². The molecule has 1 heterocycles. The molecule has 0 atom stereocenters. The van der Waals surface area contributed by atoms with E-state index in [9.17, 15) is 4.79 Å². The quantitative estimate of drug-likeness (QED) is 0.546. The first kappa shape index (κ1) is 20.8. The molecule has 0 spiro atoms. The summed E-state index contributed by atoms with van der Waals surface area (Å²) in [5.41, 5.74) is 3.12. The predicted octanol–water partition coefficient (Wildman–Crippen LogP) is 3.56. The zero-order valence-corrected chi connectivity index (χ0v) is 17.7. The molecular formula is C22H25N3O3S. The largest absolute Gasteiger partial charge is 0.497 e. The minimum Gasteiger partial charge on any atom is -0.497 e. The number of benzene rings is 2. The lowest BCUT2D eigenvalue weighted by Gasteiger charge is -2.09. The van der Waals surface area contributed by atoms with Crippen molar-refractivity contribution in [2.24, 2.45) is 7.05 Å². The number of para-hydroxylation sites is 1. The van der Waals surface area contributed by atoms with Gasteiger partial charge in [0, 0.05) is 19.2 Å². The lowest BCUT2D eigenvalue weighted by atomic mass is 10.1. The van der Waals surface area contributed by atoms with E-state index in [4.69, 9.17) is 9.47 Å². The second-order valence-electron chi connectivity index (χ2n) is 6.41. The van der Waals surface area contributed by atoms with E-state index in [1.165, 1.54) is 11.8 Å². The number of ether oxygens (including phenoxy) is 2. The molecule has 2 aromatic carbocycles. The van der Waals surface area contributed by atoms with Gasteiger partial charge in [0.2, 0.25) is 5.91 Å². The fourth-order valence-corrected chi connectivity index (χ4v) is 3.77. The highest BCUT2D eigenvalue weighted by Gasteiger charge is 2.11. The Morgan fingerprint density at radius 2 is 1.86 bits per heavy atom. The lowest BCUT2D eigenvalue weighted by molar-refractivity contribution is -0.118. The van der Waals surface area contributed by atoms with Gasteiger partial charge in [0.25, 0.3) is 0 Å². The van der Waals surface area contributed by atoms with E-state index in [0.717, 1.165) is 39.9 Å². The molecule has 3 rings (SSSR count). The Hall–Kier alpha value is -2.93. The van der Waals surface area contributed by atoms with Crippen LogP contribution in [-0.2, 0) is 18.3 Å². The summed E-state index contributed by atoms with van der Waals surface area (Å²) in [6.07, 6.45) is 2.55. The summed E-state index contributed by atoms with van der Waals surface area (Å²) in [6.45, 7) is 0.567. The fourth-order valence-electron chi connectivity index (χ4n) is 2.98. The van der Waals surface area contributed by atoms with Gasteiger partial charge in [0.1, 0.15) is 11.5 Å². The molecule has 0 aliphatic rings. The molecule has 6 nitrogen and oxygen atoms in total. The highest BCUT2D eigenvalue weighted by atomic mass is 32.2. The number of imidazole rings is 1. The van der Waals surface area contributed by atoms with Crippen LogP contribution < -0.4 is 14.8 Å². The lowest BCUT2D eigenvalue weighted by Crippen LogP contribution is -2.27. The molecule has 0 unspecified atom stereocenters. The number of rotatable bonds is 9. The normalized spacial score (nSPS) is 10.6. The number of hydrogen-bond donors (Lipinski definition) is 1. The number of nitrogens with zero attached hydrogens (tertiary/aromatic N) is 2. The van der Waals surface area contributed by atoms with Crippen molar-refractivity contribution < 1.29 is 14.3 Å². The van der Waals surface area contributed by atoms with E-state index in [1.807, 2.05) is 66.3 Å². The Morgan fingerprint density at radius 1 is 1.10 bits per heavy atom. The third-order valence-electron chi connectivity index (χ3n) is 4.57. The van der Waals surface area contributed by atoms with Gasteiger partial charge in [-0.15, -0.1) is 0 Å². The predicted molar refractivity (Wildman–Crippen MR) is 116 cm³/mol. The van der Waals surface area contributed by atoms with Gasteiger partial charge in [-0.2, -0.15) is 0 Å². The number of carbonyl (C=O) groups is 1. The zero-order valence-electron chi connectivity index (χ0n) is 16.8. The summed E-state index contributed by atoms with van der Waals surface area (Å²) in [6, 6.07) is 15.7. The molecule has 0 saturated carbocycles. The summed E-state index contributed by atoms with van der Waals surface area (Å²) in [4.78, 5) is 16.7. The number of carbonyl (C=O) groups excluding carboxylic acids is 1. The number of hydrogen-bond acceptors (Lipinski definition) is 5.